The van der Waals surface area contributed by atoms with E-state index < -0.39 is 0 Å². The number of carbonyl (C=O) groups is 1. The van der Waals surface area contributed by atoms with Crippen LogP contribution in [0.1, 0.15) is 11.4 Å². The van der Waals surface area contributed by atoms with Crippen molar-refractivity contribution in [2.45, 2.75) is 6.54 Å². The third kappa shape index (κ3) is 4.84. The van der Waals surface area contributed by atoms with Gasteiger partial charge in [0.15, 0.2) is 5.17 Å². The molecule has 1 N–H and O–H groups in total. The molecule has 33 heavy (non-hydrogen) atoms. The van der Waals surface area contributed by atoms with Crippen LogP contribution in [0.15, 0.2) is 52.4 Å². The molecule has 7 nitrogen and oxygen atoms in total. The zero-order valence-electron chi connectivity index (χ0n) is 18.6. The maximum atomic E-state index is 12.5. The fourth-order valence-electron chi connectivity index (χ4n) is 3.98. The zero-order valence-corrected chi connectivity index (χ0v) is 20.2. The summed E-state index contributed by atoms with van der Waals surface area (Å²) in [7, 11) is 4.22. The standard InChI is InChI=1S/C24H25ClN6OS/c1-29-9-11-31(12-10-29)15-22-26-19-8-7-16(13-20(19)30(22)2)14-21-23(32)28-24(33-21)27-18-6-4-3-5-17(18)25/h3-8,13-14H,9-12,15H2,1-2H3,(H,27,28,32). The number of rotatable bonds is 4. The van der Waals surface area contributed by atoms with Gasteiger partial charge >= 0.3 is 0 Å². The maximum Gasteiger partial charge on any atom is 0.264 e. The van der Waals surface area contributed by atoms with Gasteiger partial charge in [-0.05, 0) is 54.7 Å². The lowest BCUT2D eigenvalue weighted by atomic mass is 10.2. The van der Waals surface area contributed by atoms with Crippen LogP contribution in [0.25, 0.3) is 17.1 Å². The van der Waals surface area contributed by atoms with E-state index in [2.05, 4.69) is 44.8 Å². The number of amides is 1. The van der Waals surface area contributed by atoms with Crippen molar-refractivity contribution in [3.63, 3.8) is 0 Å². The van der Waals surface area contributed by atoms with Crippen molar-refractivity contribution < 1.29 is 4.79 Å². The van der Waals surface area contributed by atoms with Crippen LogP contribution in [0, 0.1) is 0 Å². The van der Waals surface area contributed by atoms with E-state index in [0.717, 1.165) is 55.1 Å². The Balaban J connectivity index is 1.36. The number of piperazine rings is 1. The maximum absolute atomic E-state index is 12.5. The fourth-order valence-corrected chi connectivity index (χ4v) is 4.99. The van der Waals surface area contributed by atoms with Crippen molar-refractivity contribution in [1.29, 1.82) is 0 Å². The monoisotopic (exact) mass is 480 g/mol. The SMILES string of the molecule is CN1CCN(Cc2nc3ccc(C=C4SC(=Nc5ccccc5Cl)NC4=O)cc3n2C)CC1. The number of imidazole rings is 1. The Kier molecular flexibility index (Phi) is 6.25. The van der Waals surface area contributed by atoms with Crippen LogP contribution in [0.2, 0.25) is 5.02 Å². The molecule has 3 aromatic rings. The second-order valence-electron chi connectivity index (χ2n) is 8.35. The Hall–Kier alpha value is -2.65. The smallest absolute Gasteiger partial charge is 0.264 e. The molecule has 0 atom stereocenters. The van der Waals surface area contributed by atoms with Crippen molar-refractivity contribution in [3.05, 3.63) is 63.8 Å². The van der Waals surface area contributed by atoms with Gasteiger partial charge in [-0.25, -0.2) is 9.98 Å². The Labute approximate surface area is 202 Å². The van der Waals surface area contributed by atoms with E-state index in [4.69, 9.17) is 16.6 Å². The highest BCUT2D eigenvalue weighted by Crippen LogP contribution is 2.31. The molecule has 3 heterocycles. The number of benzene rings is 2. The molecule has 1 aromatic heterocycles. The predicted octanol–water partition coefficient (Wildman–Crippen LogP) is 3.87. The predicted molar refractivity (Wildman–Crippen MR) is 136 cm³/mol. The first-order valence-electron chi connectivity index (χ1n) is 10.9. The summed E-state index contributed by atoms with van der Waals surface area (Å²) in [5.74, 6) is 0.896. The van der Waals surface area contributed by atoms with E-state index in [1.807, 2.05) is 36.4 Å². The van der Waals surface area contributed by atoms with E-state index in [0.29, 0.717) is 20.8 Å². The molecule has 170 valence electrons. The minimum absolute atomic E-state index is 0.160. The number of fused-ring (bicyclic) bond motifs is 1. The lowest BCUT2D eigenvalue weighted by Crippen LogP contribution is -2.44. The van der Waals surface area contributed by atoms with Gasteiger partial charge in [0.05, 0.1) is 33.2 Å². The number of amidine groups is 1. The van der Waals surface area contributed by atoms with Crippen molar-refractivity contribution in [2.24, 2.45) is 12.0 Å². The van der Waals surface area contributed by atoms with Gasteiger partial charge in [-0.1, -0.05) is 29.8 Å². The first kappa shape index (κ1) is 22.2. The number of nitrogens with one attached hydrogen (secondary N) is 1. The van der Waals surface area contributed by atoms with Gasteiger partial charge in [0.2, 0.25) is 0 Å². The highest BCUT2D eigenvalue weighted by molar-refractivity contribution is 8.18. The fraction of sp³-hybridized carbons (Fsp3) is 0.292. The highest BCUT2D eigenvalue weighted by Gasteiger charge is 2.24. The summed E-state index contributed by atoms with van der Waals surface area (Å²) in [5, 5.41) is 3.89. The molecule has 9 heteroatoms. The van der Waals surface area contributed by atoms with Gasteiger partial charge in [0.25, 0.3) is 5.91 Å². The normalized spacial score (nSPS) is 20.3. The number of aromatic nitrogens is 2. The van der Waals surface area contributed by atoms with Gasteiger partial charge in [-0.2, -0.15) is 0 Å². The van der Waals surface area contributed by atoms with Crippen molar-refractivity contribution in [1.82, 2.24) is 24.7 Å². The number of aliphatic imine (C=N–C) groups is 1. The molecule has 0 bridgehead atoms. The molecule has 0 saturated carbocycles. The molecule has 2 aliphatic rings. The second-order valence-corrected chi connectivity index (χ2v) is 9.79. The first-order chi connectivity index (χ1) is 16.0. The molecule has 0 unspecified atom stereocenters. The summed E-state index contributed by atoms with van der Waals surface area (Å²) in [6.45, 7) is 5.13. The minimum Gasteiger partial charge on any atom is -0.330 e. The van der Waals surface area contributed by atoms with Crippen LogP contribution in [0.5, 0.6) is 0 Å². The van der Waals surface area contributed by atoms with Crippen LogP contribution < -0.4 is 5.32 Å². The number of halogens is 1. The molecule has 5 rings (SSSR count). The molecule has 1 amide bonds. The highest BCUT2D eigenvalue weighted by atomic mass is 35.5. The summed E-state index contributed by atoms with van der Waals surface area (Å²) in [6, 6.07) is 13.4. The Morgan fingerprint density at radius 2 is 1.94 bits per heavy atom. The van der Waals surface area contributed by atoms with E-state index in [9.17, 15) is 4.79 Å². The Bertz CT molecular complexity index is 1280. The lowest BCUT2D eigenvalue weighted by Gasteiger charge is -2.31. The van der Waals surface area contributed by atoms with Crippen LogP contribution in [-0.4, -0.2) is 63.7 Å². The minimum atomic E-state index is -0.160. The van der Waals surface area contributed by atoms with Gasteiger partial charge in [0, 0.05) is 33.2 Å². The third-order valence-electron chi connectivity index (χ3n) is 5.98. The summed E-state index contributed by atoms with van der Waals surface area (Å²) in [4.78, 5) is 27.2. The molecule has 2 aromatic carbocycles. The van der Waals surface area contributed by atoms with Crippen molar-refractivity contribution in [3.8, 4) is 0 Å². The topological polar surface area (TPSA) is 65.8 Å². The molecule has 2 fully saturated rings. The van der Waals surface area contributed by atoms with E-state index >= 15 is 0 Å². The summed E-state index contributed by atoms with van der Waals surface area (Å²) < 4.78 is 2.15. The lowest BCUT2D eigenvalue weighted by molar-refractivity contribution is -0.115. The second kappa shape index (κ2) is 9.30. The van der Waals surface area contributed by atoms with Crippen LogP contribution in [0.3, 0.4) is 0 Å². The number of likely N-dealkylation sites (N-methyl/N-ethyl adjacent to an activating group) is 1. The number of carbonyl (C=O) groups excluding carboxylic acids is 1. The zero-order chi connectivity index (χ0) is 22.9. The molecular weight excluding hydrogens is 456 g/mol. The Morgan fingerprint density at radius 1 is 1.15 bits per heavy atom. The molecule has 2 saturated heterocycles. The number of thioether (sulfide) groups is 1. The van der Waals surface area contributed by atoms with Crippen LogP contribution in [0.4, 0.5) is 5.69 Å². The summed E-state index contributed by atoms with van der Waals surface area (Å²) in [5.41, 5.74) is 3.61. The Morgan fingerprint density at radius 3 is 2.73 bits per heavy atom. The van der Waals surface area contributed by atoms with E-state index in [-0.39, 0.29) is 5.91 Å². The van der Waals surface area contributed by atoms with Gasteiger partial charge in [0.1, 0.15) is 5.82 Å². The quantitative estimate of drug-likeness (QED) is 0.574. The summed E-state index contributed by atoms with van der Waals surface area (Å²) >= 11 is 7.50. The van der Waals surface area contributed by atoms with Gasteiger partial charge in [-0.15, -0.1) is 0 Å². The van der Waals surface area contributed by atoms with Gasteiger partial charge < -0.3 is 14.8 Å². The molecule has 0 aliphatic carbocycles. The number of para-hydroxylation sites is 1. The number of hydrogen-bond donors (Lipinski definition) is 1. The third-order valence-corrected chi connectivity index (χ3v) is 7.21. The number of aryl methyl sites for hydroxylation is 1. The number of hydrogen-bond acceptors (Lipinski definition) is 6. The average Bonchev–Trinajstić information content (AvgIpc) is 3.30. The van der Waals surface area contributed by atoms with Gasteiger partial charge in [-0.3, -0.25) is 9.69 Å². The van der Waals surface area contributed by atoms with Crippen molar-refractivity contribution >= 4 is 57.2 Å². The van der Waals surface area contributed by atoms with Crippen molar-refractivity contribution in [2.75, 3.05) is 33.2 Å². The largest absolute Gasteiger partial charge is 0.330 e. The summed E-state index contributed by atoms with van der Waals surface area (Å²) in [6.07, 6.45) is 1.89. The molecule has 0 spiro atoms. The van der Waals surface area contributed by atoms with Crippen LogP contribution in [-0.2, 0) is 18.4 Å². The first-order valence-corrected chi connectivity index (χ1v) is 12.1. The molecule has 0 radical (unpaired) electrons. The average molecular weight is 481 g/mol. The number of nitrogens with zero attached hydrogens (tertiary/aromatic N) is 5. The molecule has 2 aliphatic heterocycles. The van der Waals surface area contributed by atoms with E-state index in [1.54, 1.807) is 6.07 Å². The molecular formula is C24H25ClN6OS. The van der Waals surface area contributed by atoms with Crippen LogP contribution >= 0.6 is 23.4 Å². The van der Waals surface area contributed by atoms with E-state index in [1.165, 1.54) is 11.8 Å².